The lowest BCUT2D eigenvalue weighted by atomic mass is 10.4. The van der Waals surface area contributed by atoms with Gasteiger partial charge in [-0.25, -0.2) is 4.79 Å². The number of carboxylic acids is 1. The Morgan fingerprint density at radius 2 is 2.56 bits per heavy atom. The lowest BCUT2D eigenvalue weighted by Gasteiger charge is -2.03. The van der Waals surface area contributed by atoms with Gasteiger partial charge in [-0.05, 0) is 6.92 Å². The molecule has 0 radical (unpaired) electrons. The van der Waals surface area contributed by atoms with E-state index in [2.05, 4.69) is 6.58 Å². The molecule has 0 spiro atoms. The van der Waals surface area contributed by atoms with Gasteiger partial charge in [0.2, 0.25) is 0 Å². The van der Waals surface area contributed by atoms with Crippen LogP contribution in [0.2, 0.25) is 0 Å². The molecule has 52 valence electrons. The molecule has 0 aliphatic rings. The van der Waals surface area contributed by atoms with E-state index in [-0.39, 0.29) is 12.7 Å². The molecule has 0 rings (SSSR count). The topological polar surface area (TPSA) is 46.5 Å². The molecule has 0 unspecified atom stereocenters. The summed E-state index contributed by atoms with van der Waals surface area (Å²) in [6.45, 7) is 4.90. The van der Waals surface area contributed by atoms with Crippen molar-refractivity contribution in [3.63, 3.8) is 0 Å². The zero-order valence-electron chi connectivity index (χ0n) is 5.33. The van der Waals surface area contributed by atoms with Gasteiger partial charge >= 0.3 is 5.97 Å². The first-order valence-electron chi connectivity index (χ1n) is 2.62. The largest absolute Gasteiger partial charge is 0.480 e. The predicted octanol–water partition coefficient (Wildman–Crippen LogP) is 0.662. The van der Waals surface area contributed by atoms with Crippen molar-refractivity contribution in [2.75, 3.05) is 6.61 Å². The van der Waals surface area contributed by atoms with Gasteiger partial charge in [-0.2, -0.15) is 0 Å². The van der Waals surface area contributed by atoms with E-state index < -0.39 is 5.97 Å². The zero-order chi connectivity index (χ0) is 7.28. The summed E-state index contributed by atoms with van der Waals surface area (Å²) < 4.78 is 4.73. The van der Waals surface area contributed by atoms with Gasteiger partial charge in [-0.1, -0.05) is 6.08 Å². The van der Waals surface area contributed by atoms with Gasteiger partial charge in [-0.3, -0.25) is 0 Å². The van der Waals surface area contributed by atoms with Crippen molar-refractivity contribution in [1.82, 2.24) is 0 Å². The molecule has 0 heterocycles. The summed E-state index contributed by atoms with van der Waals surface area (Å²) in [5, 5.41) is 8.10. The molecule has 0 fully saturated rings. The molecule has 0 aliphatic heterocycles. The molecule has 9 heavy (non-hydrogen) atoms. The molecule has 0 saturated carbocycles. The van der Waals surface area contributed by atoms with Crippen LogP contribution in [0, 0.1) is 0 Å². The van der Waals surface area contributed by atoms with Crippen molar-refractivity contribution in [3.8, 4) is 0 Å². The van der Waals surface area contributed by atoms with Crippen LogP contribution >= 0.6 is 0 Å². The summed E-state index contributed by atoms with van der Waals surface area (Å²) >= 11 is 0. The van der Waals surface area contributed by atoms with Crippen LogP contribution in [0.25, 0.3) is 0 Å². The van der Waals surface area contributed by atoms with Crippen LogP contribution in [-0.2, 0) is 9.53 Å². The Morgan fingerprint density at radius 3 is 2.89 bits per heavy atom. The second-order valence-corrected chi connectivity index (χ2v) is 1.65. The Kier molecular flexibility index (Phi) is 3.71. The summed E-state index contributed by atoms with van der Waals surface area (Å²) in [5.41, 5.74) is 0. The Balaban J connectivity index is 3.26. The number of carbonyl (C=O) groups is 1. The average molecular weight is 130 g/mol. The smallest absolute Gasteiger partial charge is 0.329 e. The molecular weight excluding hydrogens is 120 g/mol. The van der Waals surface area contributed by atoms with Crippen molar-refractivity contribution in [2.24, 2.45) is 0 Å². The predicted molar refractivity (Wildman–Crippen MR) is 33.2 cm³/mol. The quantitative estimate of drug-likeness (QED) is 0.569. The summed E-state index contributed by atoms with van der Waals surface area (Å²) in [7, 11) is 0. The normalized spacial score (nSPS) is 12.6. The van der Waals surface area contributed by atoms with E-state index in [0.29, 0.717) is 0 Å². The van der Waals surface area contributed by atoms with Gasteiger partial charge in [0.15, 0.2) is 0 Å². The number of aliphatic carboxylic acids is 1. The highest BCUT2D eigenvalue weighted by Crippen LogP contribution is 1.88. The number of ether oxygens (including phenoxy) is 1. The van der Waals surface area contributed by atoms with Gasteiger partial charge in [0.05, 0.1) is 6.10 Å². The summed E-state index contributed by atoms with van der Waals surface area (Å²) in [4.78, 5) is 9.86. The van der Waals surface area contributed by atoms with Gasteiger partial charge < -0.3 is 9.84 Å². The van der Waals surface area contributed by atoms with Gasteiger partial charge in [-0.15, -0.1) is 6.58 Å². The summed E-state index contributed by atoms with van der Waals surface area (Å²) in [6.07, 6.45) is 1.37. The first kappa shape index (κ1) is 8.17. The molecular formula is C6H10O3. The van der Waals surface area contributed by atoms with Crippen molar-refractivity contribution in [1.29, 1.82) is 0 Å². The maximum Gasteiger partial charge on any atom is 0.329 e. The third kappa shape index (κ3) is 5.03. The van der Waals surface area contributed by atoms with Gasteiger partial charge in [0.25, 0.3) is 0 Å². The zero-order valence-corrected chi connectivity index (χ0v) is 5.33. The third-order valence-corrected chi connectivity index (χ3v) is 0.802. The SMILES string of the molecule is C=C[C@@H](C)OCC(=O)O. The monoisotopic (exact) mass is 130 g/mol. The molecule has 0 aromatic rings. The highest BCUT2D eigenvalue weighted by Gasteiger charge is 1.98. The van der Waals surface area contributed by atoms with E-state index in [1.807, 2.05) is 0 Å². The Bertz CT molecular complexity index is 109. The molecule has 1 N–H and O–H groups in total. The van der Waals surface area contributed by atoms with Gasteiger partial charge in [0.1, 0.15) is 6.61 Å². The highest BCUT2D eigenvalue weighted by molar-refractivity contribution is 5.68. The Morgan fingerprint density at radius 1 is 2.00 bits per heavy atom. The Labute approximate surface area is 53.9 Å². The van der Waals surface area contributed by atoms with E-state index in [1.54, 1.807) is 13.0 Å². The number of rotatable bonds is 4. The maximum atomic E-state index is 9.86. The minimum absolute atomic E-state index is 0.180. The first-order valence-corrected chi connectivity index (χ1v) is 2.62. The second-order valence-electron chi connectivity index (χ2n) is 1.65. The standard InChI is InChI=1S/C6H10O3/c1-3-5(2)9-4-6(7)8/h3,5H,1,4H2,2H3,(H,7,8)/t5-/m1/s1. The van der Waals surface area contributed by atoms with E-state index in [4.69, 9.17) is 9.84 Å². The molecule has 0 bridgehead atoms. The lowest BCUT2D eigenvalue weighted by Crippen LogP contribution is -2.12. The third-order valence-electron chi connectivity index (χ3n) is 0.802. The van der Waals surface area contributed by atoms with Crippen LogP contribution in [-0.4, -0.2) is 23.8 Å². The number of carboxylic acid groups (broad SMARTS) is 1. The number of hydrogen-bond acceptors (Lipinski definition) is 2. The van der Waals surface area contributed by atoms with Crippen molar-refractivity contribution in [2.45, 2.75) is 13.0 Å². The van der Waals surface area contributed by atoms with Crippen LogP contribution in [0.1, 0.15) is 6.92 Å². The highest BCUT2D eigenvalue weighted by atomic mass is 16.5. The van der Waals surface area contributed by atoms with Crippen LogP contribution in [0.3, 0.4) is 0 Å². The first-order chi connectivity index (χ1) is 4.16. The van der Waals surface area contributed by atoms with E-state index in [9.17, 15) is 4.79 Å². The van der Waals surface area contributed by atoms with Gasteiger partial charge in [0, 0.05) is 0 Å². The molecule has 3 heteroatoms. The molecule has 1 atom stereocenters. The van der Waals surface area contributed by atoms with Crippen molar-refractivity contribution in [3.05, 3.63) is 12.7 Å². The minimum Gasteiger partial charge on any atom is -0.480 e. The second kappa shape index (κ2) is 4.09. The van der Waals surface area contributed by atoms with Crippen LogP contribution in [0.15, 0.2) is 12.7 Å². The van der Waals surface area contributed by atoms with Crippen molar-refractivity contribution < 1.29 is 14.6 Å². The molecule has 0 aromatic carbocycles. The maximum absolute atomic E-state index is 9.86. The lowest BCUT2D eigenvalue weighted by molar-refractivity contribution is -0.143. The van der Waals surface area contributed by atoms with Crippen LogP contribution in [0.4, 0.5) is 0 Å². The minimum atomic E-state index is -0.955. The van der Waals surface area contributed by atoms with Crippen molar-refractivity contribution >= 4 is 5.97 Å². The van der Waals surface area contributed by atoms with E-state index in [0.717, 1.165) is 0 Å². The fourth-order valence-corrected chi connectivity index (χ4v) is 0.271. The molecule has 3 nitrogen and oxygen atoms in total. The van der Waals surface area contributed by atoms with E-state index in [1.165, 1.54) is 0 Å². The average Bonchev–Trinajstić information content (AvgIpc) is 1.83. The molecule has 0 aromatic heterocycles. The van der Waals surface area contributed by atoms with Crippen LogP contribution < -0.4 is 0 Å². The van der Waals surface area contributed by atoms with E-state index >= 15 is 0 Å². The summed E-state index contributed by atoms with van der Waals surface area (Å²) in [5.74, 6) is -0.955. The molecule has 0 aliphatic carbocycles. The molecule has 0 saturated heterocycles. The number of hydrogen-bond donors (Lipinski definition) is 1. The van der Waals surface area contributed by atoms with Crippen LogP contribution in [0.5, 0.6) is 0 Å². The fraction of sp³-hybridized carbons (Fsp3) is 0.500. The Hall–Kier alpha value is -0.830. The molecule has 0 amide bonds. The fourth-order valence-electron chi connectivity index (χ4n) is 0.271. The summed E-state index contributed by atoms with van der Waals surface area (Å²) in [6, 6.07) is 0.